The Morgan fingerprint density at radius 1 is 1.33 bits per heavy atom. The van der Waals surface area contributed by atoms with E-state index >= 15 is 0 Å². The quantitative estimate of drug-likeness (QED) is 0.650. The molecule has 0 aromatic carbocycles. The molecule has 1 N–H and O–H groups in total. The molecule has 0 amide bonds. The van der Waals surface area contributed by atoms with Crippen LogP contribution in [0, 0.1) is 0 Å². The van der Waals surface area contributed by atoms with Crippen molar-refractivity contribution in [2.45, 2.75) is 37.9 Å². The second kappa shape index (κ2) is 4.18. The van der Waals surface area contributed by atoms with Crippen LogP contribution in [-0.4, -0.2) is 43.9 Å². The van der Waals surface area contributed by atoms with Crippen LogP contribution in [0.3, 0.4) is 0 Å². The molecule has 1 heterocycles. The molecule has 0 aromatic rings. The largest absolute Gasteiger partial charge is 0.388 e. The Morgan fingerprint density at radius 2 is 2.00 bits per heavy atom. The lowest BCUT2D eigenvalue weighted by Crippen LogP contribution is -2.48. The molecule has 0 spiro atoms. The molecule has 4 atom stereocenters. The smallest absolute Gasteiger partial charge is 0.160 e. The Balaban J connectivity index is 2.52. The number of aliphatic hydroxyl groups excluding tert-OH is 1. The molecule has 1 aliphatic rings. The van der Waals surface area contributed by atoms with Gasteiger partial charge in [-0.15, -0.1) is 0 Å². The summed E-state index contributed by atoms with van der Waals surface area (Å²) in [4.78, 5) is 0. The van der Waals surface area contributed by atoms with Crippen LogP contribution < -0.4 is 0 Å². The van der Waals surface area contributed by atoms with Gasteiger partial charge in [-0.05, 0) is 6.92 Å². The van der Waals surface area contributed by atoms with E-state index < -0.39 is 6.10 Å². The van der Waals surface area contributed by atoms with E-state index in [1.54, 1.807) is 14.2 Å². The lowest BCUT2D eigenvalue weighted by Gasteiger charge is -2.36. The number of ether oxygens (including phenoxy) is 3. The summed E-state index contributed by atoms with van der Waals surface area (Å²) in [5.41, 5.74) is 0. The fourth-order valence-electron chi connectivity index (χ4n) is 1.39. The van der Waals surface area contributed by atoms with Gasteiger partial charge in [-0.1, -0.05) is 0 Å². The van der Waals surface area contributed by atoms with E-state index in [9.17, 15) is 5.11 Å². The topological polar surface area (TPSA) is 47.9 Å². The van der Waals surface area contributed by atoms with Crippen LogP contribution in [0.4, 0.5) is 0 Å². The molecule has 0 saturated carbocycles. The van der Waals surface area contributed by atoms with Crippen LogP contribution in [0.1, 0.15) is 13.3 Å². The Hall–Kier alpha value is -0.160. The van der Waals surface area contributed by atoms with Crippen LogP contribution in [0.25, 0.3) is 0 Å². The van der Waals surface area contributed by atoms with Crippen molar-refractivity contribution in [2.75, 3.05) is 14.2 Å². The molecule has 72 valence electrons. The van der Waals surface area contributed by atoms with Crippen LogP contribution in [0.5, 0.6) is 0 Å². The van der Waals surface area contributed by atoms with E-state index in [4.69, 9.17) is 14.2 Å². The van der Waals surface area contributed by atoms with E-state index in [1.165, 1.54) is 0 Å². The minimum atomic E-state index is -0.554. The Kier molecular flexibility index (Phi) is 3.46. The van der Waals surface area contributed by atoms with Gasteiger partial charge in [0.25, 0.3) is 0 Å². The van der Waals surface area contributed by atoms with Gasteiger partial charge in [-0.25, -0.2) is 0 Å². The molecule has 1 rings (SSSR count). The first-order valence-electron chi connectivity index (χ1n) is 4.08. The highest BCUT2D eigenvalue weighted by Crippen LogP contribution is 2.22. The van der Waals surface area contributed by atoms with Crippen molar-refractivity contribution >= 4 is 0 Å². The average Bonchev–Trinajstić information content (AvgIpc) is 2.09. The van der Waals surface area contributed by atoms with Gasteiger partial charge in [0, 0.05) is 20.6 Å². The van der Waals surface area contributed by atoms with Crippen molar-refractivity contribution in [3.05, 3.63) is 0 Å². The molecule has 1 aliphatic heterocycles. The highest BCUT2D eigenvalue weighted by molar-refractivity contribution is 4.80. The molecule has 1 saturated heterocycles. The number of aliphatic hydroxyl groups is 1. The van der Waals surface area contributed by atoms with Gasteiger partial charge in [0.15, 0.2) is 6.29 Å². The maximum Gasteiger partial charge on any atom is 0.160 e. The number of methoxy groups -OCH3 is 2. The summed E-state index contributed by atoms with van der Waals surface area (Å²) < 4.78 is 15.5. The molecule has 0 radical (unpaired) electrons. The summed E-state index contributed by atoms with van der Waals surface area (Å²) in [6.07, 6.45) is -0.638. The minimum absolute atomic E-state index is 0.182. The first-order chi connectivity index (χ1) is 5.69. The van der Waals surface area contributed by atoms with Crippen LogP contribution in [-0.2, 0) is 14.2 Å². The molecule has 1 fully saturated rings. The third kappa shape index (κ3) is 1.95. The van der Waals surface area contributed by atoms with Gasteiger partial charge in [0.2, 0.25) is 0 Å². The lowest BCUT2D eigenvalue weighted by molar-refractivity contribution is -0.241. The third-order valence-electron chi connectivity index (χ3n) is 2.22. The fraction of sp³-hybridized carbons (Fsp3) is 1.00. The maximum absolute atomic E-state index is 9.55. The zero-order chi connectivity index (χ0) is 9.14. The summed E-state index contributed by atoms with van der Waals surface area (Å²) in [6.45, 7) is 1.81. The van der Waals surface area contributed by atoms with E-state index in [-0.39, 0.29) is 18.5 Å². The van der Waals surface area contributed by atoms with E-state index in [0.717, 1.165) is 0 Å². The molecule has 0 aromatic heterocycles. The van der Waals surface area contributed by atoms with E-state index in [2.05, 4.69) is 0 Å². The second-order valence-corrected chi connectivity index (χ2v) is 3.01. The second-order valence-electron chi connectivity index (χ2n) is 3.01. The van der Waals surface area contributed by atoms with Gasteiger partial charge < -0.3 is 19.3 Å². The van der Waals surface area contributed by atoms with Gasteiger partial charge in [-0.3, -0.25) is 0 Å². The summed E-state index contributed by atoms with van der Waals surface area (Å²) in [5.74, 6) is 0. The zero-order valence-electron chi connectivity index (χ0n) is 7.69. The van der Waals surface area contributed by atoms with Gasteiger partial charge in [-0.2, -0.15) is 0 Å². The van der Waals surface area contributed by atoms with Gasteiger partial charge in [0.05, 0.1) is 12.2 Å². The highest BCUT2D eigenvalue weighted by atomic mass is 16.7. The molecule has 0 bridgehead atoms. The monoisotopic (exact) mass is 176 g/mol. The summed E-state index contributed by atoms with van der Waals surface area (Å²) >= 11 is 0. The molecular formula is C8H16O4. The van der Waals surface area contributed by atoms with Crippen LogP contribution in [0.2, 0.25) is 0 Å². The number of rotatable bonds is 2. The van der Waals surface area contributed by atoms with Crippen LogP contribution in [0.15, 0.2) is 0 Å². The maximum atomic E-state index is 9.55. The lowest BCUT2D eigenvalue weighted by atomic mass is 10.0. The zero-order valence-corrected chi connectivity index (χ0v) is 7.69. The van der Waals surface area contributed by atoms with Crippen molar-refractivity contribution in [2.24, 2.45) is 0 Å². The molecule has 3 unspecified atom stereocenters. The fourth-order valence-corrected chi connectivity index (χ4v) is 1.39. The van der Waals surface area contributed by atoms with Crippen molar-refractivity contribution in [1.82, 2.24) is 0 Å². The number of hydrogen-bond donors (Lipinski definition) is 1. The van der Waals surface area contributed by atoms with E-state index in [0.29, 0.717) is 6.42 Å². The predicted molar refractivity (Wildman–Crippen MR) is 42.8 cm³/mol. The van der Waals surface area contributed by atoms with Crippen molar-refractivity contribution in [3.63, 3.8) is 0 Å². The summed E-state index contributed by atoms with van der Waals surface area (Å²) in [7, 11) is 3.17. The van der Waals surface area contributed by atoms with Gasteiger partial charge >= 0.3 is 0 Å². The standard InChI is InChI=1S/C8H16O4/c1-5-8(9)6(10-2)4-7(11-3)12-5/h5-9H,4H2,1-3H3/t5?,6?,7?,8-/m0/s1. The summed E-state index contributed by atoms with van der Waals surface area (Å²) in [5, 5.41) is 9.55. The third-order valence-corrected chi connectivity index (χ3v) is 2.22. The van der Waals surface area contributed by atoms with Crippen molar-refractivity contribution in [3.8, 4) is 0 Å². The SMILES string of the molecule is COC1CC(OC)[C@@H](O)C(C)O1. The molecular weight excluding hydrogens is 160 g/mol. The normalized spacial score (nSPS) is 43.0. The molecule has 4 heteroatoms. The molecule has 4 nitrogen and oxygen atoms in total. The van der Waals surface area contributed by atoms with Crippen LogP contribution >= 0.6 is 0 Å². The minimum Gasteiger partial charge on any atom is -0.388 e. The molecule has 12 heavy (non-hydrogen) atoms. The average molecular weight is 176 g/mol. The molecule has 0 aliphatic carbocycles. The van der Waals surface area contributed by atoms with Gasteiger partial charge in [0.1, 0.15) is 6.10 Å². The Labute approximate surface area is 72.4 Å². The Bertz CT molecular complexity index is 139. The van der Waals surface area contributed by atoms with E-state index in [1.807, 2.05) is 6.92 Å². The number of hydrogen-bond acceptors (Lipinski definition) is 4. The first-order valence-corrected chi connectivity index (χ1v) is 4.08. The predicted octanol–water partition coefficient (Wildman–Crippen LogP) is 0.144. The summed E-state index contributed by atoms with van der Waals surface area (Å²) in [6, 6.07) is 0. The van der Waals surface area contributed by atoms with Crippen molar-refractivity contribution in [1.29, 1.82) is 0 Å². The van der Waals surface area contributed by atoms with Crippen molar-refractivity contribution < 1.29 is 19.3 Å². The first kappa shape index (κ1) is 9.92. The Morgan fingerprint density at radius 3 is 2.50 bits per heavy atom. The highest BCUT2D eigenvalue weighted by Gasteiger charge is 2.35.